The number of benzene rings is 1. The summed E-state index contributed by atoms with van der Waals surface area (Å²) in [5, 5.41) is 4.66. The van der Waals surface area contributed by atoms with Crippen LogP contribution in [0.15, 0.2) is 24.5 Å². The monoisotopic (exact) mass is 324 g/mol. The van der Waals surface area contributed by atoms with E-state index in [-0.39, 0.29) is 4.99 Å². The third kappa shape index (κ3) is 4.15. The Morgan fingerprint density at radius 2 is 2.24 bits per heavy atom. The number of halogens is 1. The lowest BCUT2D eigenvalue weighted by Crippen LogP contribution is -2.12. The lowest BCUT2D eigenvalue weighted by Gasteiger charge is -2.10. The fraction of sp³-hybridized carbons (Fsp3) is 0.357. The van der Waals surface area contributed by atoms with Gasteiger partial charge in [0.15, 0.2) is 5.82 Å². The van der Waals surface area contributed by atoms with E-state index in [0.717, 1.165) is 12.4 Å². The van der Waals surface area contributed by atoms with Crippen molar-refractivity contribution in [3.05, 3.63) is 40.9 Å². The molecule has 2 N–H and O–H groups in total. The molecule has 112 valence electrons. The smallest absolute Gasteiger partial charge is 0.164 e. The maximum atomic E-state index is 6.10. The highest BCUT2D eigenvalue weighted by molar-refractivity contribution is 7.80. The van der Waals surface area contributed by atoms with Crippen LogP contribution in [0.5, 0.6) is 5.75 Å². The Balaban J connectivity index is 2.05. The summed E-state index contributed by atoms with van der Waals surface area (Å²) in [6.45, 7) is 5.39. The quantitative estimate of drug-likeness (QED) is 0.828. The molecule has 1 aromatic carbocycles. The van der Waals surface area contributed by atoms with E-state index in [4.69, 9.17) is 34.3 Å². The molecule has 0 saturated heterocycles. The fourth-order valence-electron chi connectivity index (χ4n) is 1.83. The van der Waals surface area contributed by atoms with Crippen molar-refractivity contribution < 1.29 is 4.74 Å². The Labute approximate surface area is 134 Å². The molecule has 1 heterocycles. The van der Waals surface area contributed by atoms with Gasteiger partial charge in [-0.25, -0.2) is 9.67 Å². The Hall–Kier alpha value is -1.66. The molecule has 21 heavy (non-hydrogen) atoms. The zero-order valence-electron chi connectivity index (χ0n) is 11.9. The molecule has 0 spiro atoms. The molecule has 2 aromatic rings. The first kappa shape index (κ1) is 15.7. The van der Waals surface area contributed by atoms with E-state index in [1.54, 1.807) is 18.2 Å². The molecule has 7 heteroatoms. The first-order valence-electron chi connectivity index (χ1n) is 6.56. The summed E-state index contributed by atoms with van der Waals surface area (Å²) in [4.78, 5) is 4.47. The molecule has 1 aromatic heterocycles. The molecule has 0 radical (unpaired) electrons. The second kappa shape index (κ2) is 6.87. The molecule has 0 amide bonds. The lowest BCUT2D eigenvalue weighted by molar-refractivity contribution is 0.282. The van der Waals surface area contributed by atoms with Crippen LogP contribution < -0.4 is 10.5 Å². The first-order chi connectivity index (χ1) is 9.97. The molecule has 0 fully saturated rings. The van der Waals surface area contributed by atoms with E-state index >= 15 is 0 Å². The van der Waals surface area contributed by atoms with Gasteiger partial charge in [-0.3, -0.25) is 0 Å². The van der Waals surface area contributed by atoms with Gasteiger partial charge in [-0.05, 0) is 24.1 Å². The number of ether oxygens (including phenoxy) is 1. The minimum Gasteiger partial charge on any atom is -0.486 e. The van der Waals surface area contributed by atoms with E-state index in [2.05, 4.69) is 23.9 Å². The molecule has 0 atom stereocenters. The van der Waals surface area contributed by atoms with Crippen LogP contribution in [0, 0.1) is 5.92 Å². The van der Waals surface area contributed by atoms with E-state index < -0.39 is 0 Å². The molecule has 0 unspecified atom stereocenters. The predicted octanol–water partition coefficient (Wildman–Crippen LogP) is 2.80. The fourth-order valence-corrected chi connectivity index (χ4v) is 2.34. The zero-order valence-corrected chi connectivity index (χ0v) is 13.5. The van der Waals surface area contributed by atoms with Gasteiger partial charge in [-0.1, -0.05) is 37.7 Å². The Bertz CT molecular complexity index is 642. The summed E-state index contributed by atoms with van der Waals surface area (Å²) < 4.78 is 7.54. The Kier molecular flexibility index (Phi) is 5.14. The topological polar surface area (TPSA) is 66.0 Å². The Morgan fingerprint density at radius 1 is 1.48 bits per heavy atom. The van der Waals surface area contributed by atoms with Gasteiger partial charge in [-0.15, -0.1) is 0 Å². The van der Waals surface area contributed by atoms with Crippen molar-refractivity contribution in [2.45, 2.75) is 27.0 Å². The lowest BCUT2D eigenvalue weighted by atomic mass is 10.2. The van der Waals surface area contributed by atoms with E-state index in [1.807, 2.05) is 4.68 Å². The van der Waals surface area contributed by atoms with Gasteiger partial charge in [-0.2, -0.15) is 5.10 Å². The predicted molar refractivity (Wildman–Crippen MR) is 86.5 cm³/mol. The summed E-state index contributed by atoms with van der Waals surface area (Å²) in [6, 6.07) is 5.22. The van der Waals surface area contributed by atoms with Gasteiger partial charge in [0.25, 0.3) is 0 Å². The van der Waals surface area contributed by atoms with Crippen molar-refractivity contribution in [1.29, 1.82) is 0 Å². The molecule has 0 bridgehead atoms. The van der Waals surface area contributed by atoms with Crippen LogP contribution in [0.2, 0.25) is 5.02 Å². The SMILES string of the molecule is CC(C)Cn1ncnc1COc1ccc(C(N)=S)c(Cl)c1. The number of aromatic nitrogens is 3. The summed E-state index contributed by atoms with van der Waals surface area (Å²) in [7, 11) is 0. The number of thiocarbonyl (C=S) groups is 1. The molecular formula is C14H17ClN4OS. The van der Waals surface area contributed by atoms with Crippen LogP contribution in [0.4, 0.5) is 0 Å². The van der Waals surface area contributed by atoms with Crippen LogP contribution in [0.1, 0.15) is 25.2 Å². The van der Waals surface area contributed by atoms with Crippen molar-refractivity contribution in [3.8, 4) is 5.75 Å². The van der Waals surface area contributed by atoms with Gasteiger partial charge in [0.05, 0.1) is 5.02 Å². The normalized spacial score (nSPS) is 10.9. The number of nitrogens with zero attached hydrogens (tertiary/aromatic N) is 3. The maximum absolute atomic E-state index is 6.10. The van der Waals surface area contributed by atoms with Gasteiger partial charge < -0.3 is 10.5 Å². The first-order valence-corrected chi connectivity index (χ1v) is 7.35. The van der Waals surface area contributed by atoms with Gasteiger partial charge in [0.1, 0.15) is 23.7 Å². The number of rotatable bonds is 6. The van der Waals surface area contributed by atoms with Crippen molar-refractivity contribution in [3.63, 3.8) is 0 Å². The summed E-state index contributed by atoms with van der Waals surface area (Å²) in [6.07, 6.45) is 1.53. The standard InChI is InChI=1S/C14H17ClN4OS/c1-9(2)6-19-13(17-8-18-19)7-20-10-3-4-11(14(16)21)12(15)5-10/h3-5,8-9H,6-7H2,1-2H3,(H2,16,21). The summed E-state index contributed by atoms with van der Waals surface area (Å²) in [5.41, 5.74) is 6.21. The van der Waals surface area contributed by atoms with Crippen molar-refractivity contribution >= 4 is 28.8 Å². The van der Waals surface area contributed by atoms with Crippen molar-refractivity contribution in [2.75, 3.05) is 0 Å². The van der Waals surface area contributed by atoms with Gasteiger partial charge in [0.2, 0.25) is 0 Å². The number of nitrogens with two attached hydrogens (primary N) is 1. The third-order valence-corrected chi connectivity index (χ3v) is 3.34. The van der Waals surface area contributed by atoms with Gasteiger partial charge in [0, 0.05) is 12.1 Å². The molecular weight excluding hydrogens is 308 g/mol. The minimum absolute atomic E-state index is 0.267. The largest absolute Gasteiger partial charge is 0.486 e. The average molecular weight is 325 g/mol. The molecule has 0 aliphatic heterocycles. The summed E-state index contributed by atoms with van der Waals surface area (Å²) >= 11 is 11.0. The van der Waals surface area contributed by atoms with E-state index in [0.29, 0.717) is 28.9 Å². The van der Waals surface area contributed by atoms with Crippen molar-refractivity contribution in [1.82, 2.24) is 14.8 Å². The highest BCUT2D eigenvalue weighted by atomic mass is 35.5. The average Bonchev–Trinajstić information content (AvgIpc) is 2.82. The number of hydrogen-bond donors (Lipinski definition) is 1. The van der Waals surface area contributed by atoms with E-state index in [1.165, 1.54) is 6.33 Å². The molecule has 2 rings (SSSR count). The van der Waals surface area contributed by atoms with E-state index in [9.17, 15) is 0 Å². The second-order valence-electron chi connectivity index (χ2n) is 5.05. The molecule has 0 saturated carbocycles. The third-order valence-electron chi connectivity index (χ3n) is 2.81. The van der Waals surface area contributed by atoms with Crippen LogP contribution in [-0.4, -0.2) is 19.8 Å². The molecule has 5 nitrogen and oxygen atoms in total. The second-order valence-corrected chi connectivity index (χ2v) is 5.89. The zero-order chi connectivity index (χ0) is 15.4. The van der Waals surface area contributed by atoms with Crippen molar-refractivity contribution in [2.24, 2.45) is 11.7 Å². The van der Waals surface area contributed by atoms with Crippen LogP contribution >= 0.6 is 23.8 Å². The number of hydrogen-bond acceptors (Lipinski definition) is 4. The Morgan fingerprint density at radius 3 is 2.86 bits per heavy atom. The highest BCUT2D eigenvalue weighted by Crippen LogP contribution is 2.23. The molecule has 0 aliphatic rings. The summed E-state index contributed by atoms with van der Waals surface area (Å²) in [5.74, 6) is 1.90. The van der Waals surface area contributed by atoms with Gasteiger partial charge >= 0.3 is 0 Å². The minimum atomic E-state index is 0.267. The molecule has 0 aliphatic carbocycles. The van der Waals surface area contributed by atoms with Crippen LogP contribution in [-0.2, 0) is 13.2 Å². The van der Waals surface area contributed by atoms with Crippen LogP contribution in [0.25, 0.3) is 0 Å². The maximum Gasteiger partial charge on any atom is 0.164 e. The highest BCUT2D eigenvalue weighted by Gasteiger charge is 2.09. The van der Waals surface area contributed by atoms with Crippen LogP contribution in [0.3, 0.4) is 0 Å².